The van der Waals surface area contributed by atoms with Crippen LogP contribution in [0.15, 0.2) is 31.5 Å². The van der Waals surface area contributed by atoms with Gasteiger partial charge in [0.25, 0.3) is 0 Å². The first kappa shape index (κ1) is 13.5. The highest BCUT2D eigenvalue weighted by molar-refractivity contribution is 9.10. The molecule has 2 aromatic rings. The maximum absolute atomic E-state index is 10.6. The van der Waals surface area contributed by atoms with Crippen LogP contribution in [0.25, 0.3) is 0 Å². The van der Waals surface area contributed by atoms with E-state index in [9.17, 15) is 4.79 Å². The first-order valence-corrected chi connectivity index (χ1v) is 7.49. The molecular weight excluding hydrogens is 336 g/mol. The molecule has 0 aliphatic carbocycles. The molecule has 0 radical (unpaired) electrons. The number of carboxylic acids is 1. The third kappa shape index (κ3) is 3.54. The topological polar surface area (TPSA) is 63.1 Å². The standard InChI is InChI=1S/C11H9BrN2O2S2/c1-6-2-7(12)4-13-10(6)18-11-14-8(5-17-11)3-9(15)16/h2,4-5H,3H2,1H3,(H,15,16). The molecule has 2 heterocycles. The van der Waals surface area contributed by atoms with Crippen molar-refractivity contribution in [2.45, 2.75) is 22.7 Å². The second-order valence-electron chi connectivity index (χ2n) is 3.55. The Morgan fingerprint density at radius 1 is 1.61 bits per heavy atom. The summed E-state index contributed by atoms with van der Waals surface area (Å²) in [5, 5.41) is 11.3. The number of rotatable bonds is 4. The summed E-state index contributed by atoms with van der Waals surface area (Å²) < 4.78 is 1.75. The number of hydrogen-bond donors (Lipinski definition) is 1. The maximum Gasteiger partial charge on any atom is 0.309 e. The number of carbonyl (C=O) groups is 1. The molecule has 18 heavy (non-hydrogen) atoms. The van der Waals surface area contributed by atoms with E-state index < -0.39 is 5.97 Å². The van der Waals surface area contributed by atoms with Crippen molar-refractivity contribution in [3.8, 4) is 0 Å². The highest BCUT2D eigenvalue weighted by Gasteiger charge is 2.09. The third-order valence-electron chi connectivity index (χ3n) is 2.04. The van der Waals surface area contributed by atoms with E-state index in [0.717, 1.165) is 19.4 Å². The molecule has 0 atom stereocenters. The van der Waals surface area contributed by atoms with Gasteiger partial charge in [-0.05, 0) is 46.2 Å². The van der Waals surface area contributed by atoms with Gasteiger partial charge in [-0.1, -0.05) is 0 Å². The highest BCUT2D eigenvalue weighted by Crippen LogP contribution is 2.31. The van der Waals surface area contributed by atoms with Gasteiger partial charge in [-0.2, -0.15) is 0 Å². The Labute approximate surface area is 121 Å². The minimum Gasteiger partial charge on any atom is -0.481 e. The van der Waals surface area contributed by atoms with Crippen molar-refractivity contribution >= 4 is 45.0 Å². The van der Waals surface area contributed by atoms with Crippen LogP contribution >= 0.6 is 39.0 Å². The predicted octanol–water partition coefficient (Wildman–Crippen LogP) is 3.39. The van der Waals surface area contributed by atoms with Crippen LogP contribution in [0.2, 0.25) is 0 Å². The zero-order valence-corrected chi connectivity index (χ0v) is 12.6. The molecule has 0 amide bonds. The van der Waals surface area contributed by atoms with Crippen molar-refractivity contribution in [2.24, 2.45) is 0 Å². The molecule has 94 valence electrons. The molecule has 1 N–H and O–H groups in total. The van der Waals surface area contributed by atoms with Gasteiger partial charge in [0.1, 0.15) is 5.03 Å². The molecule has 0 bridgehead atoms. The number of aryl methyl sites for hydroxylation is 1. The summed E-state index contributed by atoms with van der Waals surface area (Å²) in [6.07, 6.45) is 1.70. The van der Waals surface area contributed by atoms with Crippen molar-refractivity contribution in [1.29, 1.82) is 0 Å². The Morgan fingerprint density at radius 2 is 2.39 bits per heavy atom. The van der Waals surface area contributed by atoms with E-state index >= 15 is 0 Å². The minimum absolute atomic E-state index is 0.0379. The van der Waals surface area contributed by atoms with Crippen LogP contribution in [0, 0.1) is 6.92 Å². The van der Waals surface area contributed by atoms with Gasteiger partial charge in [-0.25, -0.2) is 9.97 Å². The molecule has 7 heteroatoms. The first-order chi connectivity index (χ1) is 8.54. The number of halogens is 1. The SMILES string of the molecule is Cc1cc(Br)cnc1Sc1nc(CC(=O)O)cs1. The first-order valence-electron chi connectivity index (χ1n) is 5.01. The zero-order valence-electron chi connectivity index (χ0n) is 9.38. The number of pyridine rings is 1. The van der Waals surface area contributed by atoms with E-state index in [2.05, 4.69) is 25.9 Å². The molecule has 0 unspecified atom stereocenters. The number of thiazole rings is 1. The van der Waals surface area contributed by atoms with E-state index in [1.54, 1.807) is 11.6 Å². The summed E-state index contributed by atoms with van der Waals surface area (Å²) in [6, 6.07) is 1.99. The second-order valence-corrected chi connectivity index (χ2v) is 6.56. The van der Waals surface area contributed by atoms with Gasteiger partial charge < -0.3 is 5.11 Å². The monoisotopic (exact) mass is 344 g/mol. The molecule has 0 aliphatic heterocycles. The van der Waals surface area contributed by atoms with E-state index in [1.807, 2.05) is 13.0 Å². The van der Waals surface area contributed by atoms with Gasteiger partial charge in [0.15, 0.2) is 4.34 Å². The fraction of sp³-hybridized carbons (Fsp3) is 0.182. The number of aromatic nitrogens is 2. The third-order valence-corrected chi connectivity index (χ3v) is 4.59. The highest BCUT2D eigenvalue weighted by atomic mass is 79.9. The van der Waals surface area contributed by atoms with E-state index in [-0.39, 0.29) is 6.42 Å². The molecule has 2 rings (SSSR count). The summed E-state index contributed by atoms with van der Waals surface area (Å²) in [7, 11) is 0. The quantitative estimate of drug-likeness (QED) is 0.920. The molecule has 0 spiro atoms. The number of hydrogen-bond acceptors (Lipinski definition) is 5. The van der Waals surface area contributed by atoms with Crippen LogP contribution in [0.5, 0.6) is 0 Å². The van der Waals surface area contributed by atoms with Gasteiger partial charge >= 0.3 is 5.97 Å². The average molecular weight is 345 g/mol. The second kappa shape index (κ2) is 5.81. The van der Waals surface area contributed by atoms with E-state index in [1.165, 1.54) is 23.1 Å². The van der Waals surface area contributed by atoms with E-state index in [4.69, 9.17) is 5.11 Å². The average Bonchev–Trinajstić information content (AvgIpc) is 2.69. The normalized spacial score (nSPS) is 10.6. The molecule has 2 aromatic heterocycles. The van der Waals surface area contributed by atoms with Crippen molar-refractivity contribution in [2.75, 3.05) is 0 Å². The fourth-order valence-corrected chi connectivity index (χ4v) is 3.50. The minimum atomic E-state index is -0.866. The Morgan fingerprint density at radius 3 is 3.06 bits per heavy atom. The Balaban J connectivity index is 2.13. The molecule has 0 aliphatic rings. The van der Waals surface area contributed by atoms with Gasteiger partial charge in [0.2, 0.25) is 0 Å². The summed E-state index contributed by atoms with van der Waals surface area (Å²) >= 11 is 6.25. The van der Waals surface area contributed by atoms with E-state index in [0.29, 0.717) is 5.69 Å². The van der Waals surface area contributed by atoms with Gasteiger partial charge in [0.05, 0.1) is 12.1 Å². The zero-order chi connectivity index (χ0) is 13.1. The van der Waals surface area contributed by atoms with Gasteiger partial charge in [-0.15, -0.1) is 11.3 Å². The fourth-order valence-electron chi connectivity index (χ4n) is 1.29. The lowest BCUT2D eigenvalue weighted by atomic mass is 10.3. The number of nitrogens with zero attached hydrogens (tertiary/aromatic N) is 2. The van der Waals surface area contributed by atoms with Crippen LogP contribution in [0.1, 0.15) is 11.3 Å². The van der Waals surface area contributed by atoms with Crippen molar-refractivity contribution < 1.29 is 9.90 Å². The number of carboxylic acid groups (broad SMARTS) is 1. The van der Waals surface area contributed by atoms with Crippen LogP contribution in [-0.4, -0.2) is 21.0 Å². The summed E-state index contributed by atoms with van der Waals surface area (Å²) in [4.78, 5) is 19.1. The van der Waals surface area contributed by atoms with Crippen molar-refractivity contribution in [3.05, 3.63) is 33.4 Å². The summed E-state index contributed by atoms with van der Waals surface area (Å²) in [6.45, 7) is 1.98. The molecule has 0 saturated heterocycles. The van der Waals surface area contributed by atoms with Crippen molar-refractivity contribution in [3.63, 3.8) is 0 Å². The molecule has 0 aromatic carbocycles. The lowest BCUT2D eigenvalue weighted by Crippen LogP contribution is -1.99. The largest absolute Gasteiger partial charge is 0.481 e. The van der Waals surface area contributed by atoms with Crippen LogP contribution < -0.4 is 0 Å². The van der Waals surface area contributed by atoms with Gasteiger partial charge in [-0.3, -0.25) is 4.79 Å². The van der Waals surface area contributed by atoms with Gasteiger partial charge in [0, 0.05) is 16.0 Å². The smallest absolute Gasteiger partial charge is 0.309 e. The molecule has 0 saturated carbocycles. The Hall–Kier alpha value is -0.920. The van der Waals surface area contributed by atoms with Crippen LogP contribution in [0.4, 0.5) is 0 Å². The molecule has 0 fully saturated rings. The maximum atomic E-state index is 10.6. The Bertz CT molecular complexity index is 586. The summed E-state index contributed by atoms with van der Waals surface area (Å²) in [5.74, 6) is -0.866. The van der Waals surface area contributed by atoms with Crippen LogP contribution in [-0.2, 0) is 11.2 Å². The predicted molar refractivity (Wildman–Crippen MR) is 74.3 cm³/mol. The molecule has 4 nitrogen and oxygen atoms in total. The summed E-state index contributed by atoms with van der Waals surface area (Å²) in [5.41, 5.74) is 1.65. The van der Waals surface area contributed by atoms with Crippen LogP contribution in [0.3, 0.4) is 0 Å². The number of aliphatic carboxylic acids is 1. The Kier molecular flexibility index (Phi) is 4.36. The lowest BCUT2D eigenvalue weighted by Gasteiger charge is -2.01. The van der Waals surface area contributed by atoms with Crippen molar-refractivity contribution in [1.82, 2.24) is 9.97 Å². The molecular formula is C11H9BrN2O2S2. The lowest BCUT2D eigenvalue weighted by molar-refractivity contribution is -0.136.